The molecule has 4 amide bonds. The molecule has 0 aliphatic carbocycles. The zero-order chi connectivity index (χ0) is 21.7. The van der Waals surface area contributed by atoms with Gasteiger partial charge < -0.3 is 15.4 Å². The summed E-state index contributed by atoms with van der Waals surface area (Å²) in [5.74, 6) is -1.33. The van der Waals surface area contributed by atoms with E-state index in [0.29, 0.717) is 42.3 Å². The second-order valence-corrected chi connectivity index (χ2v) is 7.78. The number of rotatable bonds is 3. The molecule has 9 nitrogen and oxygen atoms in total. The van der Waals surface area contributed by atoms with Crippen molar-refractivity contribution < 1.29 is 23.9 Å². The Labute approximate surface area is 177 Å². The van der Waals surface area contributed by atoms with E-state index in [1.165, 1.54) is 0 Å². The van der Waals surface area contributed by atoms with E-state index < -0.39 is 29.7 Å². The first-order valence-electron chi connectivity index (χ1n) is 10.0. The number of anilines is 2. The minimum absolute atomic E-state index is 0.0860. The standard InChI is InChI=1S/C22H20N4O5/c23-13-4-6-17-16(10-13)25(8-9-31-17)11-12-2-1-3-14-19(12)22(30)26(21(14)29)15-5-7-18(27)24-20(15)28/h1-4,6,10,15H,5,7-9,11,23H2,(H,24,27,28). The first-order valence-corrected chi connectivity index (χ1v) is 10.0. The summed E-state index contributed by atoms with van der Waals surface area (Å²) in [6, 6.07) is 9.54. The average Bonchev–Trinajstić information content (AvgIpc) is 3.00. The molecule has 158 valence electrons. The fraction of sp³-hybridized carbons (Fsp3) is 0.273. The van der Waals surface area contributed by atoms with Crippen molar-refractivity contribution in [2.45, 2.75) is 25.4 Å². The average molecular weight is 420 g/mol. The molecule has 0 aromatic heterocycles. The van der Waals surface area contributed by atoms with Gasteiger partial charge in [0.2, 0.25) is 11.8 Å². The lowest BCUT2D eigenvalue weighted by Crippen LogP contribution is -2.54. The van der Waals surface area contributed by atoms with E-state index in [4.69, 9.17) is 10.5 Å². The third-order valence-electron chi connectivity index (χ3n) is 5.86. The number of fused-ring (bicyclic) bond motifs is 2. The predicted octanol–water partition coefficient (Wildman–Crippen LogP) is 1.07. The number of nitrogens with two attached hydrogens (primary N) is 1. The Bertz CT molecular complexity index is 1140. The van der Waals surface area contributed by atoms with Crippen LogP contribution in [-0.2, 0) is 16.1 Å². The molecule has 9 heteroatoms. The van der Waals surface area contributed by atoms with Crippen molar-refractivity contribution in [3.05, 3.63) is 53.1 Å². The number of carbonyl (C=O) groups excluding carboxylic acids is 4. The number of benzene rings is 2. The zero-order valence-electron chi connectivity index (χ0n) is 16.6. The van der Waals surface area contributed by atoms with Gasteiger partial charge in [-0.15, -0.1) is 0 Å². The van der Waals surface area contributed by atoms with E-state index in [1.807, 2.05) is 12.1 Å². The van der Waals surface area contributed by atoms with Crippen molar-refractivity contribution in [2.24, 2.45) is 0 Å². The van der Waals surface area contributed by atoms with Crippen LogP contribution in [-0.4, -0.2) is 47.7 Å². The number of carbonyl (C=O) groups is 4. The van der Waals surface area contributed by atoms with Crippen LogP contribution in [0, 0.1) is 0 Å². The summed E-state index contributed by atoms with van der Waals surface area (Å²) < 4.78 is 5.70. The molecule has 0 saturated carbocycles. The lowest BCUT2D eigenvalue weighted by molar-refractivity contribution is -0.136. The van der Waals surface area contributed by atoms with Crippen LogP contribution in [0.1, 0.15) is 39.1 Å². The van der Waals surface area contributed by atoms with Crippen LogP contribution in [0.5, 0.6) is 5.75 Å². The third-order valence-corrected chi connectivity index (χ3v) is 5.86. The van der Waals surface area contributed by atoms with Gasteiger partial charge >= 0.3 is 0 Å². The summed E-state index contributed by atoms with van der Waals surface area (Å²) in [4.78, 5) is 53.1. The molecule has 3 N–H and O–H groups in total. The maximum Gasteiger partial charge on any atom is 0.262 e. The topological polar surface area (TPSA) is 122 Å². The molecule has 0 bridgehead atoms. The van der Waals surface area contributed by atoms with Crippen LogP contribution >= 0.6 is 0 Å². The molecule has 0 radical (unpaired) electrons. The molecule has 1 fully saturated rings. The Morgan fingerprint density at radius 2 is 1.94 bits per heavy atom. The second kappa shape index (κ2) is 7.12. The minimum atomic E-state index is -0.984. The van der Waals surface area contributed by atoms with Crippen LogP contribution in [0.15, 0.2) is 36.4 Å². The minimum Gasteiger partial charge on any atom is -0.490 e. The lowest BCUT2D eigenvalue weighted by atomic mass is 10.0. The summed E-state index contributed by atoms with van der Waals surface area (Å²) in [5, 5.41) is 2.21. The Morgan fingerprint density at radius 1 is 1.10 bits per heavy atom. The summed E-state index contributed by atoms with van der Waals surface area (Å²) in [7, 11) is 0. The van der Waals surface area contributed by atoms with E-state index in [-0.39, 0.29) is 18.4 Å². The van der Waals surface area contributed by atoms with Crippen LogP contribution < -0.4 is 20.7 Å². The molecule has 1 saturated heterocycles. The number of ether oxygens (including phenoxy) is 1. The fourth-order valence-corrected chi connectivity index (χ4v) is 4.38. The van der Waals surface area contributed by atoms with Gasteiger partial charge in [-0.2, -0.15) is 0 Å². The van der Waals surface area contributed by atoms with Gasteiger partial charge in [0.15, 0.2) is 0 Å². The molecular formula is C22H20N4O5. The maximum absolute atomic E-state index is 13.3. The molecule has 2 aromatic rings. The van der Waals surface area contributed by atoms with E-state index in [0.717, 1.165) is 10.6 Å². The first-order chi connectivity index (χ1) is 14.9. The molecule has 31 heavy (non-hydrogen) atoms. The Balaban J connectivity index is 1.48. The molecule has 1 atom stereocenters. The normalized spacial score (nSPS) is 20.3. The molecular weight excluding hydrogens is 400 g/mol. The molecule has 0 spiro atoms. The lowest BCUT2D eigenvalue weighted by Gasteiger charge is -2.32. The molecule has 3 heterocycles. The summed E-state index contributed by atoms with van der Waals surface area (Å²) >= 11 is 0. The van der Waals surface area contributed by atoms with Crippen molar-refractivity contribution in [1.29, 1.82) is 0 Å². The smallest absolute Gasteiger partial charge is 0.262 e. The Morgan fingerprint density at radius 3 is 2.74 bits per heavy atom. The highest BCUT2D eigenvalue weighted by molar-refractivity contribution is 6.24. The first kappa shape index (κ1) is 19.1. The molecule has 3 aliphatic heterocycles. The molecule has 5 rings (SSSR count). The monoisotopic (exact) mass is 420 g/mol. The Kier molecular flexibility index (Phi) is 4.39. The van der Waals surface area contributed by atoms with Gasteiger partial charge in [0.1, 0.15) is 18.4 Å². The summed E-state index contributed by atoms with van der Waals surface area (Å²) in [6.07, 6.45) is 0.213. The van der Waals surface area contributed by atoms with Crippen molar-refractivity contribution >= 4 is 35.0 Å². The zero-order valence-corrected chi connectivity index (χ0v) is 16.6. The van der Waals surface area contributed by atoms with Gasteiger partial charge in [-0.25, -0.2) is 0 Å². The van der Waals surface area contributed by atoms with Crippen molar-refractivity contribution in [1.82, 2.24) is 10.2 Å². The molecule has 1 unspecified atom stereocenters. The summed E-state index contributed by atoms with van der Waals surface area (Å²) in [6.45, 7) is 1.46. The van der Waals surface area contributed by atoms with E-state index >= 15 is 0 Å². The van der Waals surface area contributed by atoms with Gasteiger partial charge in [0.25, 0.3) is 11.8 Å². The highest BCUT2D eigenvalue weighted by atomic mass is 16.5. The van der Waals surface area contributed by atoms with Gasteiger partial charge in [-0.3, -0.25) is 29.4 Å². The number of nitrogens with one attached hydrogen (secondary N) is 1. The third kappa shape index (κ3) is 3.09. The van der Waals surface area contributed by atoms with Gasteiger partial charge in [-0.05, 0) is 36.2 Å². The number of piperidine rings is 1. The number of imide groups is 2. The van der Waals surface area contributed by atoms with E-state index in [9.17, 15) is 19.2 Å². The summed E-state index contributed by atoms with van der Waals surface area (Å²) in [5.41, 5.74) is 8.62. The SMILES string of the molecule is Nc1ccc2c(c1)N(Cc1cccc3c1C(=O)N(C1CCC(=O)NC1=O)C3=O)CCO2. The second-order valence-electron chi connectivity index (χ2n) is 7.78. The van der Waals surface area contributed by atoms with E-state index in [2.05, 4.69) is 10.2 Å². The van der Waals surface area contributed by atoms with Crippen molar-refractivity contribution in [3.8, 4) is 5.75 Å². The molecule has 2 aromatic carbocycles. The van der Waals surface area contributed by atoms with Crippen LogP contribution in [0.2, 0.25) is 0 Å². The highest BCUT2D eigenvalue weighted by Crippen LogP contribution is 2.36. The van der Waals surface area contributed by atoms with Gasteiger partial charge in [-0.1, -0.05) is 12.1 Å². The number of nitrogen functional groups attached to an aromatic ring is 1. The number of amides is 4. The van der Waals surface area contributed by atoms with Crippen molar-refractivity contribution in [3.63, 3.8) is 0 Å². The predicted molar refractivity (Wildman–Crippen MR) is 111 cm³/mol. The van der Waals surface area contributed by atoms with Crippen molar-refractivity contribution in [2.75, 3.05) is 23.8 Å². The van der Waals surface area contributed by atoms with Crippen LogP contribution in [0.25, 0.3) is 0 Å². The number of nitrogens with zero attached hydrogens (tertiary/aromatic N) is 2. The Hall–Kier alpha value is -3.88. The molecule has 3 aliphatic rings. The van der Waals surface area contributed by atoms with Crippen LogP contribution in [0.3, 0.4) is 0 Å². The van der Waals surface area contributed by atoms with Gasteiger partial charge in [0, 0.05) is 18.7 Å². The number of hydrogen-bond acceptors (Lipinski definition) is 7. The number of hydrogen-bond donors (Lipinski definition) is 2. The van der Waals surface area contributed by atoms with E-state index in [1.54, 1.807) is 24.3 Å². The van der Waals surface area contributed by atoms with Gasteiger partial charge in [0.05, 0.1) is 23.4 Å². The largest absolute Gasteiger partial charge is 0.490 e. The maximum atomic E-state index is 13.3. The quantitative estimate of drug-likeness (QED) is 0.563. The van der Waals surface area contributed by atoms with Crippen LogP contribution in [0.4, 0.5) is 11.4 Å². The fourth-order valence-electron chi connectivity index (χ4n) is 4.38. The highest BCUT2D eigenvalue weighted by Gasteiger charge is 2.45.